The fraction of sp³-hybridized carbons (Fsp3) is 0.0769. The van der Waals surface area contributed by atoms with Crippen LogP contribution in [0.4, 0.5) is 4.39 Å². The third-order valence-corrected chi connectivity index (χ3v) is 4.65. The zero-order valence-corrected chi connectivity index (χ0v) is 13.4. The van der Waals surface area contributed by atoms with Crippen molar-refractivity contribution in [2.45, 2.75) is 11.5 Å². The second-order valence-corrected chi connectivity index (χ2v) is 7.37. The Hall–Kier alpha value is -1.01. The Kier molecular flexibility index (Phi) is 4.99. The van der Waals surface area contributed by atoms with E-state index in [9.17, 15) is 12.8 Å². The van der Waals surface area contributed by atoms with Gasteiger partial charge in [0.25, 0.3) is 9.05 Å². The lowest BCUT2D eigenvalue weighted by molar-refractivity contribution is 0.297. The van der Waals surface area contributed by atoms with E-state index in [-0.39, 0.29) is 12.4 Å². The molecule has 8 heteroatoms. The molecule has 112 valence electrons. The Morgan fingerprint density at radius 3 is 2.29 bits per heavy atom. The zero-order chi connectivity index (χ0) is 15.6. The molecule has 0 spiro atoms. The molecule has 0 amide bonds. The minimum Gasteiger partial charge on any atom is -0.487 e. The lowest BCUT2D eigenvalue weighted by Gasteiger charge is -2.11. The summed E-state index contributed by atoms with van der Waals surface area (Å²) in [5, 5.41) is 0.750. The fourth-order valence-corrected chi connectivity index (χ4v) is 3.10. The summed E-state index contributed by atoms with van der Waals surface area (Å²) in [6.07, 6.45) is 0. The van der Waals surface area contributed by atoms with E-state index < -0.39 is 19.8 Å². The highest BCUT2D eigenvalue weighted by molar-refractivity contribution is 8.13. The molecule has 0 radical (unpaired) electrons. The van der Waals surface area contributed by atoms with Crippen molar-refractivity contribution >= 4 is 42.9 Å². The first-order chi connectivity index (χ1) is 9.79. The number of benzene rings is 2. The number of ether oxygens (including phenoxy) is 1. The highest BCUT2D eigenvalue weighted by Crippen LogP contribution is 2.30. The molecule has 0 N–H and O–H groups in total. The number of halogens is 4. The van der Waals surface area contributed by atoms with Crippen LogP contribution in [-0.4, -0.2) is 8.42 Å². The van der Waals surface area contributed by atoms with Crippen LogP contribution in [0.2, 0.25) is 10.0 Å². The lowest BCUT2D eigenvalue weighted by atomic mass is 10.2. The molecule has 0 unspecified atom stereocenters. The quantitative estimate of drug-likeness (QED) is 0.737. The average Bonchev–Trinajstić information content (AvgIpc) is 2.38. The van der Waals surface area contributed by atoms with Crippen molar-refractivity contribution in [3.8, 4) is 5.75 Å². The monoisotopic (exact) mass is 368 g/mol. The molecule has 0 aromatic heterocycles. The molecule has 3 nitrogen and oxygen atoms in total. The molecule has 2 rings (SSSR count). The molecule has 0 bridgehead atoms. The van der Waals surface area contributed by atoms with Crippen LogP contribution in [0.15, 0.2) is 41.3 Å². The first-order valence-electron chi connectivity index (χ1n) is 5.59. The summed E-state index contributed by atoms with van der Waals surface area (Å²) in [6.45, 7) is -0.0798. The maximum absolute atomic E-state index is 13.1. The third kappa shape index (κ3) is 4.01. The molecular formula is C13H8Cl3FO3S. The van der Waals surface area contributed by atoms with Gasteiger partial charge in [-0.3, -0.25) is 0 Å². The summed E-state index contributed by atoms with van der Waals surface area (Å²) >= 11 is 12.0. The largest absolute Gasteiger partial charge is 0.487 e. The molecule has 0 saturated heterocycles. The van der Waals surface area contributed by atoms with E-state index in [4.69, 9.17) is 38.6 Å². The standard InChI is InChI=1S/C13H8Cl3FO3S/c14-10-2-1-3-11(15)9(10)7-20-12-5-4-8(17)6-13(12)21(16,18)19/h1-6H,7H2. The van der Waals surface area contributed by atoms with Gasteiger partial charge in [0.1, 0.15) is 23.1 Å². The SMILES string of the molecule is O=S(=O)(Cl)c1cc(F)ccc1OCc1c(Cl)cccc1Cl. The lowest BCUT2D eigenvalue weighted by Crippen LogP contribution is -2.02. The summed E-state index contributed by atoms with van der Waals surface area (Å²) in [5.74, 6) is -0.820. The number of rotatable bonds is 4. The van der Waals surface area contributed by atoms with E-state index in [1.165, 1.54) is 6.07 Å². The molecule has 0 heterocycles. The van der Waals surface area contributed by atoms with Crippen molar-refractivity contribution in [2.75, 3.05) is 0 Å². The maximum atomic E-state index is 13.1. The molecule has 2 aromatic rings. The van der Waals surface area contributed by atoms with E-state index in [2.05, 4.69) is 0 Å². The number of hydrogen-bond donors (Lipinski definition) is 0. The van der Waals surface area contributed by atoms with Gasteiger partial charge in [-0.15, -0.1) is 0 Å². The highest BCUT2D eigenvalue weighted by Gasteiger charge is 2.18. The van der Waals surface area contributed by atoms with Gasteiger partial charge in [0.15, 0.2) is 0 Å². The van der Waals surface area contributed by atoms with Crippen LogP contribution in [0.3, 0.4) is 0 Å². The van der Waals surface area contributed by atoms with Crippen molar-refractivity contribution < 1.29 is 17.5 Å². The Morgan fingerprint density at radius 1 is 1.10 bits per heavy atom. The van der Waals surface area contributed by atoms with Gasteiger partial charge in [0, 0.05) is 26.3 Å². The Labute approximate surface area is 135 Å². The van der Waals surface area contributed by atoms with Crippen LogP contribution < -0.4 is 4.74 Å². The van der Waals surface area contributed by atoms with Crippen molar-refractivity contribution in [3.05, 3.63) is 57.8 Å². The second kappa shape index (κ2) is 6.40. The van der Waals surface area contributed by atoms with Crippen LogP contribution in [-0.2, 0) is 15.7 Å². The van der Waals surface area contributed by atoms with Crippen molar-refractivity contribution in [1.82, 2.24) is 0 Å². The molecule has 21 heavy (non-hydrogen) atoms. The van der Waals surface area contributed by atoms with Gasteiger partial charge >= 0.3 is 0 Å². The summed E-state index contributed by atoms with van der Waals surface area (Å²) in [4.78, 5) is -0.452. The Morgan fingerprint density at radius 2 is 1.71 bits per heavy atom. The van der Waals surface area contributed by atoms with Gasteiger partial charge < -0.3 is 4.74 Å². The predicted octanol–water partition coefficient (Wildman–Crippen LogP) is 4.64. The molecule has 0 fully saturated rings. The van der Waals surface area contributed by atoms with Crippen LogP contribution in [0.1, 0.15) is 5.56 Å². The predicted molar refractivity (Wildman–Crippen MR) is 80.2 cm³/mol. The van der Waals surface area contributed by atoms with Gasteiger partial charge in [-0.05, 0) is 30.3 Å². The average molecular weight is 370 g/mol. The minimum absolute atomic E-state index is 0.0798. The van der Waals surface area contributed by atoms with Crippen LogP contribution >= 0.6 is 33.9 Å². The van der Waals surface area contributed by atoms with Gasteiger partial charge in [-0.2, -0.15) is 0 Å². The van der Waals surface area contributed by atoms with Crippen molar-refractivity contribution in [1.29, 1.82) is 0 Å². The number of hydrogen-bond acceptors (Lipinski definition) is 3. The third-order valence-electron chi connectivity index (χ3n) is 2.60. The molecule has 0 atom stereocenters. The van der Waals surface area contributed by atoms with Gasteiger partial charge in [-0.1, -0.05) is 29.3 Å². The second-order valence-electron chi connectivity index (χ2n) is 4.02. The molecule has 2 aromatic carbocycles. The van der Waals surface area contributed by atoms with E-state index in [0.29, 0.717) is 15.6 Å². The molecular weight excluding hydrogens is 362 g/mol. The summed E-state index contributed by atoms with van der Waals surface area (Å²) in [6, 6.07) is 7.93. The van der Waals surface area contributed by atoms with E-state index in [1.54, 1.807) is 18.2 Å². The Bertz CT molecular complexity index is 758. The first kappa shape index (κ1) is 16.4. The van der Waals surface area contributed by atoms with E-state index in [1.807, 2.05) is 0 Å². The Balaban J connectivity index is 2.33. The minimum atomic E-state index is -4.14. The highest BCUT2D eigenvalue weighted by atomic mass is 35.7. The van der Waals surface area contributed by atoms with Crippen LogP contribution in [0.25, 0.3) is 0 Å². The normalized spacial score (nSPS) is 11.4. The van der Waals surface area contributed by atoms with E-state index >= 15 is 0 Å². The summed E-state index contributed by atoms with van der Waals surface area (Å²) in [7, 11) is 1.11. The molecule has 0 aliphatic heterocycles. The van der Waals surface area contributed by atoms with Gasteiger partial charge in [0.05, 0.1) is 0 Å². The van der Waals surface area contributed by atoms with E-state index in [0.717, 1.165) is 12.1 Å². The van der Waals surface area contributed by atoms with Crippen LogP contribution in [0.5, 0.6) is 5.75 Å². The first-order valence-corrected chi connectivity index (χ1v) is 8.65. The van der Waals surface area contributed by atoms with Crippen molar-refractivity contribution in [3.63, 3.8) is 0 Å². The topological polar surface area (TPSA) is 43.4 Å². The molecule has 0 aliphatic carbocycles. The summed E-state index contributed by atoms with van der Waals surface area (Å²) < 4.78 is 41.4. The molecule has 0 saturated carbocycles. The maximum Gasteiger partial charge on any atom is 0.265 e. The zero-order valence-electron chi connectivity index (χ0n) is 10.3. The van der Waals surface area contributed by atoms with Gasteiger partial charge in [-0.25, -0.2) is 12.8 Å². The molecule has 0 aliphatic rings. The summed E-state index contributed by atoms with van der Waals surface area (Å²) in [5.41, 5.74) is 0.489. The smallest absolute Gasteiger partial charge is 0.265 e. The fourth-order valence-electron chi connectivity index (χ4n) is 1.61. The van der Waals surface area contributed by atoms with Crippen molar-refractivity contribution in [2.24, 2.45) is 0 Å². The van der Waals surface area contributed by atoms with Gasteiger partial charge in [0.2, 0.25) is 0 Å². The van der Waals surface area contributed by atoms with Crippen LogP contribution in [0, 0.1) is 5.82 Å².